The molecular formula is C14H22N2O4. The number of benzene rings is 1. The van der Waals surface area contributed by atoms with Crippen molar-refractivity contribution in [2.45, 2.75) is 20.0 Å². The van der Waals surface area contributed by atoms with Crippen molar-refractivity contribution in [2.24, 2.45) is 5.73 Å². The predicted molar refractivity (Wildman–Crippen MR) is 75.8 cm³/mol. The van der Waals surface area contributed by atoms with E-state index in [1.807, 2.05) is 32.0 Å². The third-order valence-corrected chi connectivity index (χ3v) is 2.66. The summed E-state index contributed by atoms with van der Waals surface area (Å²) in [7, 11) is 0. The Morgan fingerprint density at radius 2 is 2.20 bits per heavy atom. The fourth-order valence-electron chi connectivity index (χ4n) is 1.70. The second-order valence-electron chi connectivity index (χ2n) is 4.61. The van der Waals surface area contributed by atoms with Crippen molar-refractivity contribution >= 4 is 6.09 Å². The number of aliphatic hydroxyl groups is 1. The summed E-state index contributed by atoms with van der Waals surface area (Å²) in [6, 6.07) is 5.89. The molecule has 0 aliphatic carbocycles. The van der Waals surface area contributed by atoms with E-state index in [4.69, 9.17) is 10.5 Å². The van der Waals surface area contributed by atoms with E-state index < -0.39 is 12.2 Å². The van der Waals surface area contributed by atoms with Gasteiger partial charge in [0.15, 0.2) is 0 Å². The number of primary amides is 1. The highest BCUT2D eigenvalue weighted by Crippen LogP contribution is 2.18. The number of aliphatic hydroxyl groups excluding tert-OH is 1. The molecule has 0 saturated heterocycles. The standard InChI is InChI=1S/C14H22N2O4/c1-10-3-4-13(11(2)7-10)20-9-12(17)8-16-5-6-19-14(15)18/h3-4,7,12,16-17H,5-6,8-9H2,1-2H3,(H2,15,18). The molecule has 1 atom stereocenters. The van der Waals surface area contributed by atoms with Crippen molar-refractivity contribution in [3.8, 4) is 5.75 Å². The molecule has 0 fully saturated rings. The lowest BCUT2D eigenvalue weighted by molar-refractivity contribution is 0.103. The van der Waals surface area contributed by atoms with Crippen LogP contribution in [0.5, 0.6) is 5.75 Å². The van der Waals surface area contributed by atoms with Gasteiger partial charge < -0.3 is 25.6 Å². The number of ether oxygens (including phenoxy) is 2. The molecule has 1 aromatic carbocycles. The Labute approximate surface area is 118 Å². The topological polar surface area (TPSA) is 93.8 Å². The molecule has 1 rings (SSSR count). The Morgan fingerprint density at radius 3 is 2.85 bits per heavy atom. The van der Waals surface area contributed by atoms with Gasteiger partial charge in [-0.25, -0.2) is 4.79 Å². The maximum absolute atomic E-state index is 10.3. The molecule has 0 aromatic heterocycles. The van der Waals surface area contributed by atoms with Crippen LogP contribution in [0.4, 0.5) is 4.79 Å². The quantitative estimate of drug-likeness (QED) is 0.611. The number of amides is 1. The second-order valence-corrected chi connectivity index (χ2v) is 4.61. The highest BCUT2D eigenvalue weighted by atomic mass is 16.5. The van der Waals surface area contributed by atoms with Crippen molar-refractivity contribution in [2.75, 3.05) is 26.3 Å². The van der Waals surface area contributed by atoms with Gasteiger partial charge in [-0.2, -0.15) is 0 Å². The Morgan fingerprint density at radius 1 is 1.45 bits per heavy atom. The van der Waals surface area contributed by atoms with Gasteiger partial charge in [0.2, 0.25) is 0 Å². The molecule has 0 aliphatic rings. The number of aryl methyl sites for hydroxylation is 2. The summed E-state index contributed by atoms with van der Waals surface area (Å²) in [5.74, 6) is 0.770. The van der Waals surface area contributed by atoms with Gasteiger partial charge in [0.05, 0.1) is 0 Å². The number of carbonyl (C=O) groups excluding carboxylic acids is 1. The van der Waals surface area contributed by atoms with Crippen LogP contribution in [0.15, 0.2) is 18.2 Å². The summed E-state index contributed by atoms with van der Waals surface area (Å²) in [5, 5.41) is 12.7. The number of carbonyl (C=O) groups is 1. The van der Waals surface area contributed by atoms with Gasteiger partial charge >= 0.3 is 6.09 Å². The molecule has 0 saturated carbocycles. The zero-order valence-corrected chi connectivity index (χ0v) is 11.9. The minimum absolute atomic E-state index is 0.181. The van der Waals surface area contributed by atoms with E-state index in [1.54, 1.807) is 0 Å². The second kappa shape index (κ2) is 8.39. The summed E-state index contributed by atoms with van der Waals surface area (Å²) in [6.07, 6.45) is -1.44. The minimum Gasteiger partial charge on any atom is -0.491 e. The fourth-order valence-corrected chi connectivity index (χ4v) is 1.70. The fraction of sp³-hybridized carbons (Fsp3) is 0.500. The first-order chi connectivity index (χ1) is 9.49. The van der Waals surface area contributed by atoms with Gasteiger partial charge in [0.25, 0.3) is 0 Å². The van der Waals surface area contributed by atoms with Gasteiger partial charge in [-0.3, -0.25) is 0 Å². The molecule has 6 nitrogen and oxygen atoms in total. The monoisotopic (exact) mass is 282 g/mol. The molecule has 112 valence electrons. The van der Waals surface area contributed by atoms with E-state index in [2.05, 4.69) is 10.1 Å². The van der Waals surface area contributed by atoms with Crippen LogP contribution in [-0.2, 0) is 4.74 Å². The zero-order valence-electron chi connectivity index (χ0n) is 11.9. The first kappa shape index (κ1) is 16.3. The molecule has 4 N–H and O–H groups in total. The van der Waals surface area contributed by atoms with Crippen molar-refractivity contribution in [3.05, 3.63) is 29.3 Å². The SMILES string of the molecule is Cc1ccc(OCC(O)CNCCOC(N)=O)c(C)c1. The smallest absolute Gasteiger partial charge is 0.404 e. The summed E-state index contributed by atoms with van der Waals surface area (Å²) in [4.78, 5) is 10.3. The number of nitrogens with one attached hydrogen (secondary N) is 1. The average molecular weight is 282 g/mol. The molecule has 0 bridgehead atoms. The highest BCUT2D eigenvalue weighted by molar-refractivity contribution is 5.64. The van der Waals surface area contributed by atoms with Crippen molar-refractivity contribution in [3.63, 3.8) is 0 Å². The Bertz CT molecular complexity index is 437. The molecule has 0 spiro atoms. The zero-order chi connectivity index (χ0) is 15.0. The van der Waals surface area contributed by atoms with Crippen LogP contribution in [0.25, 0.3) is 0 Å². The van der Waals surface area contributed by atoms with Crippen molar-refractivity contribution < 1.29 is 19.4 Å². The molecule has 0 aliphatic heterocycles. The first-order valence-corrected chi connectivity index (χ1v) is 6.50. The molecule has 0 heterocycles. The van der Waals surface area contributed by atoms with E-state index in [0.717, 1.165) is 11.3 Å². The van der Waals surface area contributed by atoms with Crippen LogP contribution in [0.2, 0.25) is 0 Å². The summed E-state index contributed by atoms with van der Waals surface area (Å²) >= 11 is 0. The van der Waals surface area contributed by atoms with Crippen LogP contribution >= 0.6 is 0 Å². The summed E-state index contributed by atoms with van der Waals surface area (Å²) in [5.41, 5.74) is 7.03. The number of rotatable bonds is 8. The summed E-state index contributed by atoms with van der Waals surface area (Å²) in [6.45, 7) is 5.15. The van der Waals surface area contributed by atoms with Crippen molar-refractivity contribution in [1.29, 1.82) is 0 Å². The van der Waals surface area contributed by atoms with Gasteiger partial charge in [-0.15, -0.1) is 0 Å². The molecule has 1 unspecified atom stereocenters. The molecule has 20 heavy (non-hydrogen) atoms. The lowest BCUT2D eigenvalue weighted by atomic mass is 10.1. The van der Waals surface area contributed by atoms with Crippen LogP contribution in [0.1, 0.15) is 11.1 Å². The highest BCUT2D eigenvalue weighted by Gasteiger charge is 2.06. The molecule has 1 amide bonds. The largest absolute Gasteiger partial charge is 0.491 e. The Kier molecular flexibility index (Phi) is 6.83. The Balaban J connectivity index is 2.19. The van der Waals surface area contributed by atoms with E-state index in [-0.39, 0.29) is 13.2 Å². The number of nitrogens with two attached hydrogens (primary N) is 1. The van der Waals surface area contributed by atoms with Crippen LogP contribution in [0.3, 0.4) is 0 Å². The van der Waals surface area contributed by atoms with Crippen molar-refractivity contribution in [1.82, 2.24) is 5.32 Å². The van der Waals surface area contributed by atoms with Gasteiger partial charge in [0.1, 0.15) is 25.1 Å². The first-order valence-electron chi connectivity index (χ1n) is 6.50. The maximum Gasteiger partial charge on any atom is 0.404 e. The molecule has 1 aromatic rings. The predicted octanol–water partition coefficient (Wildman–Crippen LogP) is 0.728. The third kappa shape index (κ3) is 6.40. The third-order valence-electron chi connectivity index (χ3n) is 2.66. The number of hydrogen-bond donors (Lipinski definition) is 3. The van der Waals surface area contributed by atoms with E-state index >= 15 is 0 Å². The molecule has 0 radical (unpaired) electrons. The normalized spacial score (nSPS) is 11.9. The van der Waals surface area contributed by atoms with Crippen LogP contribution in [-0.4, -0.2) is 43.6 Å². The Hall–Kier alpha value is -1.79. The maximum atomic E-state index is 10.3. The number of hydrogen-bond acceptors (Lipinski definition) is 5. The van der Waals surface area contributed by atoms with E-state index in [9.17, 15) is 9.90 Å². The van der Waals surface area contributed by atoms with Crippen LogP contribution < -0.4 is 15.8 Å². The van der Waals surface area contributed by atoms with Gasteiger partial charge in [-0.1, -0.05) is 17.7 Å². The molecule has 6 heteroatoms. The lowest BCUT2D eigenvalue weighted by Crippen LogP contribution is -2.34. The lowest BCUT2D eigenvalue weighted by Gasteiger charge is -2.14. The average Bonchev–Trinajstić information content (AvgIpc) is 2.37. The van der Waals surface area contributed by atoms with E-state index in [0.29, 0.717) is 13.1 Å². The van der Waals surface area contributed by atoms with Gasteiger partial charge in [-0.05, 0) is 25.5 Å². The summed E-state index contributed by atoms with van der Waals surface area (Å²) < 4.78 is 10.1. The van der Waals surface area contributed by atoms with E-state index in [1.165, 1.54) is 5.56 Å². The van der Waals surface area contributed by atoms with Gasteiger partial charge in [0, 0.05) is 13.1 Å². The van der Waals surface area contributed by atoms with Crippen LogP contribution in [0, 0.1) is 13.8 Å². The minimum atomic E-state index is -0.800. The molecular weight excluding hydrogens is 260 g/mol.